The monoisotopic (exact) mass is 366 g/mol. The third kappa shape index (κ3) is 3.63. The van der Waals surface area contributed by atoms with E-state index in [0.29, 0.717) is 18.8 Å². The summed E-state index contributed by atoms with van der Waals surface area (Å²) in [6, 6.07) is 5.75. The standard InChI is InChI=1S/C15H15BrN2O2S/c16-13-2-1-5-17-15(13)20-12-3-6-18(9-12)14(19)8-11-4-7-21-10-11/h1-2,4-5,7,10,12H,3,6,8-9H2/t12-/m0/s1. The molecular weight excluding hydrogens is 352 g/mol. The third-order valence-electron chi connectivity index (χ3n) is 3.44. The van der Waals surface area contributed by atoms with Crippen LogP contribution in [-0.4, -0.2) is 35.0 Å². The molecule has 3 heterocycles. The van der Waals surface area contributed by atoms with Crippen LogP contribution in [0.15, 0.2) is 39.6 Å². The van der Waals surface area contributed by atoms with Crippen molar-refractivity contribution in [2.24, 2.45) is 0 Å². The van der Waals surface area contributed by atoms with Gasteiger partial charge in [-0.2, -0.15) is 11.3 Å². The zero-order chi connectivity index (χ0) is 14.7. The third-order valence-corrected chi connectivity index (χ3v) is 4.77. The fraction of sp³-hybridized carbons (Fsp3) is 0.333. The van der Waals surface area contributed by atoms with Crippen LogP contribution >= 0.6 is 27.3 Å². The zero-order valence-electron chi connectivity index (χ0n) is 11.4. The molecule has 110 valence electrons. The van der Waals surface area contributed by atoms with Crippen molar-refractivity contribution in [1.29, 1.82) is 0 Å². The highest BCUT2D eigenvalue weighted by Gasteiger charge is 2.28. The number of carbonyl (C=O) groups is 1. The van der Waals surface area contributed by atoms with Crippen molar-refractivity contribution in [2.45, 2.75) is 18.9 Å². The number of thiophene rings is 1. The van der Waals surface area contributed by atoms with Crippen LogP contribution in [0.5, 0.6) is 5.88 Å². The molecule has 1 atom stereocenters. The highest BCUT2D eigenvalue weighted by Crippen LogP contribution is 2.24. The molecule has 0 N–H and O–H groups in total. The van der Waals surface area contributed by atoms with Crippen LogP contribution in [0.1, 0.15) is 12.0 Å². The van der Waals surface area contributed by atoms with Gasteiger partial charge in [-0.25, -0.2) is 4.98 Å². The van der Waals surface area contributed by atoms with E-state index in [4.69, 9.17) is 4.74 Å². The first kappa shape index (κ1) is 14.5. The van der Waals surface area contributed by atoms with Crippen LogP contribution in [0.4, 0.5) is 0 Å². The maximum atomic E-state index is 12.2. The molecular formula is C15H15BrN2O2S. The van der Waals surface area contributed by atoms with E-state index in [9.17, 15) is 4.79 Å². The number of halogens is 1. The maximum Gasteiger partial charge on any atom is 0.228 e. The molecule has 1 amide bonds. The SMILES string of the molecule is O=C(Cc1ccsc1)N1CC[C@H](Oc2ncccc2Br)C1. The van der Waals surface area contributed by atoms with Crippen LogP contribution in [0.2, 0.25) is 0 Å². The van der Waals surface area contributed by atoms with Gasteiger partial charge in [-0.05, 0) is 50.5 Å². The lowest BCUT2D eigenvalue weighted by atomic mass is 10.2. The number of nitrogens with zero attached hydrogens (tertiary/aromatic N) is 2. The van der Waals surface area contributed by atoms with E-state index in [-0.39, 0.29) is 12.0 Å². The molecule has 6 heteroatoms. The fourth-order valence-corrected chi connectivity index (χ4v) is 3.36. The molecule has 1 aliphatic heterocycles. The molecule has 2 aromatic heterocycles. The summed E-state index contributed by atoms with van der Waals surface area (Å²) in [5.74, 6) is 0.759. The molecule has 2 aromatic rings. The van der Waals surface area contributed by atoms with Gasteiger partial charge in [0, 0.05) is 19.2 Å². The highest BCUT2D eigenvalue weighted by atomic mass is 79.9. The molecule has 21 heavy (non-hydrogen) atoms. The molecule has 0 radical (unpaired) electrons. The Kier molecular flexibility index (Phi) is 4.55. The topological polar surface area (TPSA) is 42.4 Å². The van der Waals surface area contributed by atoms with E-state index >= 15 is 0 Å². The molecule has 1 fully saturated rings. The van der Waals surface area contributed by atoms with Gasteiger partial charge in [0.05, 0.1) is 17.4 Å². The molecule has 3 rings (SSSR count). The smallest absolute Gasteiger partial charge is 0.228 e. The van der Waals surface area contributed by atoms with Crippen molar-refractivity contribution in [3.8, 4) is 5.88 Å². The Bertz CT molecular complexity index is 618. The van der Waals surface area contributed by atoms with E-state index in [0.717, 1.165) is 23.0 Å². The van der Waals surface area contributed by atoms with Crippen LogP contribution in [0.3, 0.4) is 0 Å². The average molecular weight is 367 g/mol. The number of hydrogen-bond acceptors (Lipinski definition) is 4. The number of pyridine rings is 1. The van der Waals surface area contributed by atoms with E-state index < -0.39 is 0 Å². The summed E-state index contributed by atoms with van der Waals surface area (Å²) >= 11 is 5.04. The molecule has 1 saturated heterocycles. The number of aromatic nitrogens is 1. The van der Waals surface area contributed by atoms with E-state index in [1.54, 1.807) is 17.5 Å². The van der Waals surface area contributed by atoms with Crippen LogP contribution < -0.4 is 4.74 Å². The van der Waals surface area contributed by atoms with Gasteiger partial charge in [-0.3, -0.25) is 4.79 Å². The van der Waals surface area contributed by atoms with Gasteiger partial charge in [-0.1, -0.05) is 0 Å². The minimum atomic E-state index is 0.0163. The second-order valence-corrected chi connectivity index (χ2v) is 6.60. The molecule has 1 aliphatic rings. The van der Waals surface area contributed by atoms with Gasteiger partial charge in [0.25, 0.3) is 0 Å². The van der Waals surface area contributed by atoms with Gasteiger partial charge >= 0.3 is 0 Å². The molecule has 0 saturated carbocycles. The Morgan fingerprint density at radius 1 is 1.52 bits per heavy atom. The lowest BCUT2D eigenvalue weighted by Crippen LogP contribution is -2.32. The molecule has 4 nitrogen and oxygen atoms in total. The number of ether oxygens (including phenoxy) is 1. The Morgan fingerprint density at radius 2 is 2.43 bits per heavy atom. The number of hydrogen-bond donors (Lipinski definition) is 0. The van der Waals surface area contributed by atoms with Gasteiger partial charge in [0.1, 0.15) is 6.10 Å². The lowest BCUT2D eigenvalue weighted by Gasteiger charge is -2.17. The summed E-state index contributed by atoms with van der Waals surface area (Å²) in [6.45, 7) is 1.38. The molecule has 0 spiro atoms. The number of likely N-dealkylation sites (tertiary alicyclic amines) is 1. The summed E-state index contributed by atoms with van der Waals surface area (Å²) in [5.41, 5.74) is 1.09. The first-order valence-electron chi connectivity index (χ1n) is 6.78. The molecule has 0 bridgehead atoms. The summed E-state index contributed by atoms with van der Waals surface area (Å²) in [6.07, 6.45) is 3.04. The summed E-state index contributed by atoms with van der Waals surface area (Å²) < 4.78 is 6.71. The number of rotatable bonds is 4. The number of amides is 1. The van der Waals surface area contributed by atoms with Crippen molar-refractivity contribution >= 4 is 33.2 Å². The van der Waals surface area contributed by atoms with Crippen LogP contribution in [0.25, 0.3) is 0 Å². The van der Waals surface area contributed by atoms with Crippen molar-refractivity contribution in [1.82, 2.24) is 9.88 Å². The second-order valence-electron chi connectivity index (χ2n) is 4.97. The van der Waals surface area contributed by atoms with Gasteiger partial charge in [-0.15, -0.1) is 0 Å². The number of carbonyl (C=O) groups excluding carboxylic acids is 1. The highest BCUT2D eigenvalue weighted by molar-refractivity contribution is 9.10. The Hall–Kier alpha value is -1.40. The summed E-state index contributed by atoms with van der Waals surface area (Å²) in [4.78, 5) is 18.3. The quantitative estimate of drug-likeness (QED) is 0.834. The molecule has 0 unspecified atom stereocenters. The average Bonchev–Trinajstić information content (AvgIpc) is 3.13. The molecule has 0 aromatic carbocycles. The molecule has 0 aliphatic carbocycles. The summed E-state index contributed by atoms with van der Waals surface area (Å²) in [7, 11) is 0. The zero-order valence-corrected chi connectivity index (χ0v) is 13.8. The van der Waals surface area contributed by atoms with Crippen molar-refractivity contribution in [3.05, 3.63) is 45.2 Å². The lowest BCUT2D eigenvalue weighted by molar-refractivity contribution is -0.129. The van der Waals surface area contributed by atoms with Gasteiger partial charge in [0.15, 0.2) is 0 Å². The Morgan fingerprint density at radius 3 is 3.19 bits per heavy atom. The maximum absolute atomic E-state index is 12.2. The van der Waals surface area contributed by atoms with Crippen molar-refractivity contribution in [2.75, 3.05) is 13.1 Å². The minimum absolute atomic E-state index is 0.0163. The first-order valence-corrected chi connectivity index (χ1v) is 8.52. The van der Waals surface area contributed by atoms with Gasteiger partial charge < -0.3 is 9.64 Å². The van der Waals surface area contributed by atoms with Crippen molar-refractivity contribution in [3.63, 3.8) is 0 Å². The normalized spacial score (nSPS) is 18.0. The predicted molar refractivity (Wildman–Crippen MR) is 85.6 cm³/mol. The van der Waals surface area contributed by atoms with E-state index in [2.05, 4.69) is 20.9 Å². The van der Waals surface area contributed by atoms with Crippen LogP contribution in [0, 0.1) is 0 Å². The van der Waals surface area contributed by atoms with Gasteiger partial charge in [0.2, 0.25) is 11.8 Å². The van der Waals surface area contributed by atoms with Crippen LogP contribution in [-0.2, 0) is 11.2 Å². The second kappa shape index (κ2) is 6.58. The largest absolute Gasteiger partial charge is 0.472 e. The Labute approximate surface area is 135 Å². The van der Waals surface area contributed by atoms with Crippen molar-refractivity contribution < 1.29 is 9.53 Å². The minimum Gasteiger partial charge on any atom is -0.472 e. The summed E-state index contributed by atoms with van der Waals surface area (Å²) in [5, 5.41) is 4.02. The fourth-order valence-electron chi connectivity index (χ4n) is 2.35. The van der Waals surface area contributed by atoms with E-state index in [1.165, 1.54) is 0 Å². The first-order chi connectivity index (χ1) is 10.2. The predicted octanol–water partition coefficient (Wildman–Crippen LogP) is 3.13. The van der Waals surface area contributed by atoms with E-state index in [1.807, 2.05) is 33.9 Å². The Balaban J connectivity index is 1.56.